The Kier molecular flexibility index (Phi) is 6.68. The monoisotopic (exact) mass is 416 g/mol. The summed E-state index contributed by atoms with van der Waals surface area (Å²) >= 11 is 0. The minimum absolute atomic E-state index is 0.0925. The molecule has 0 aliphatic rings. The fourth-order valence-electron chi connectivity index (χ4n) is 2.38. The Hall–Kier alpha value is -2.59. The molecular formula is C18H19F3N2O4S. The third-order valence-corrected chi connectivity index (χ3v) is 5.02. The van der Waals surface area contributed by atoms with E-state index in [9.17, 15) is 26.4 Å². The van der Waals surface area contributed by atoms with Crippen molar-refractivity contribution in [2.24, 2.45) is 0 Å². The maximum Gasteiger partial charge on any atom is 0.416 e. The van der Waals surface area contributed by atoms with Crippen molar-refractivity contribution in [2.45, 2.75) is 24.0 Å². The highest BCUT2D eigenvalue weighted by Crippen LogP contribution is 2.31. The lowest BCUT2D eigenvalue weighted by Crippen LogP contribution is -2.35. The van der Waals surface area contributed by atoms with Gasteiger partial charge in [0.05, 0.1) is 17.1 Å². The van der Waals surface area contributed by atoms with Crippen molar-refractivity contribution >= 4 is 21.6 Å². The fourth-order valence-corrected chi connectivity index (χ4v) is 3.47. The predicted molar refractivity (Wildman–Crippen MR) is 97.5 cm³/mol. The summed E-state index contributed by atoms with van der Waals surface area (Å²) < 4.78 is 70.4. The van der Waals surface area contributed by atoms with Crippen LogP contribution in [0, 0.1) is 0 Å². The molecule has 2 aromatic carbocycles. The first-order valence-electron chi connectivity index (χ1n) is 8.13. The molecule has 0 unspecified atom stereocenters. The molecule has 0 spiro atoms. The molecule has 2 N–H and O–H groups in total. The number of hydrogen-bond donors (Lipinski definition) is 2. The highest BCUT2D eigenvalue weighted by atomic mass is 32.2. The highest BCUT2D eigenvalue weighted by Gasteiger charge is 2.30. The molecule has 6 nitrogen and oxygen atoms in total. The van der Waals surface area contributed by atoms with Gasteiger partial charge in [0.2, 0.25) is 0 Å². The Morgan fingerprint density at radius 2 is 1.82 bits per heavy atom. The molecule has 0 aliphatic heterocycles. The molecule has 0 saturated heterocycles. The number of carbonyl (C=O) groups is 1. The number of hydrogen-bond acceptors (Lipinski definition) is 4. The second kappa shape index (κ2) is 8.61. The Bertz CT molecular complexity index is 946. The Labute approximate surface area is 160 Å². The van der Waals surface area contributed by atoms with E-state index in [1.54, 1.807) is 6.92 Å². The zero-order valence-corrected chi connectivity index (χ0v) is 15.9. The number of halogens is 3. The molecule has 0 radical (unpaired) electrons. The molecule has 0 saturated carbocycles. The van der Waals surface area contributed by atoms with E-state index in [-0.39, 0.29) is 28.8 Å². The molecule has 28 heavy (non-hydrogen) atoms. The van der Waals surface area contributed by atoms with E-state index < -0.39 is 27.7 Å². The quantitative estimate of drug-likeness (QED) is 0.726. The molecule has 2 rings (SSSR count). The number of sulfonamides is 1. The van der Waals surface area contributed by atoms with Crippen molar-refractivity contribution in [3.63, 3.8) is 0 Å². The van der Waals surface area contributed by atoms with Gasteiger partial charge in [0.15, 0.2) is 0 Å². The second-order valence-electron chi connectivity index (χ2n) is 6.04. The van der Waals surface area contributed by atoms with Crippen molar-refractivity contribution in [3.8, 4) is 0 Å². The first-order valence-corrected chi connectivity index (χ1v) is 9.61. The normalized spacial score (nSPS) is 13.0. The van der Waals surface area contributed by atoms with Crippen LogP contribution in [0.4, 0.5) is 18.9 Å². The van der Waals surface area contributed by atoms with Crippen LogP contribution in [0.1, 0.15) is 22.8 Å². The predicted octanol–water partition coefficient (Wildman–Crippen LogP) is 3.27. The molecular weight excluding hydrogens is 397 g/mol. The van der Waals surface area contributed by atoms with Crippen LogP contribution in [0.5, 0.6) is 0 Å². The number of methoxy groups -OCH3 is 1. The molecule has 0 aliphatic carbocycles. The lowest BCUT2D eigenvalue weighted by Gasteiger charge is -2.14. The summed E-state index contributed by atoms with van der Waals surface area (Å²) in [5.41, 5.74) is -1.12. The third-order valence-electron chi connectivity index (χ3n) is 3.64. The first kappa shape index (κ1) is 21.7. The van der Waals surface area contributed by atoms with Gasteiger partial charge in [0.25, 0.3) is 15.9 Å². The van der Waals surface area contributed by atoms with Gasteiger partial charge >= 0.3 is 6.18 Å². The topological polar surface area (TPSA) is 84.5 Å². The van der Waals surface area contributed by atoms with Crippen LogP contribution in [0.15, 0.2) is 53.4 Å². The molecule has 10 heteroatoms. The summed E-state index contributed by atoms with van der Waals surface area (Å²) in [6.45, 7) is 2.00. The van der Waals surface area contributed by atoms with Crippen LogP contribution in [0.25, 0.3) is 0 Å². The van der Waals surface area contributed by atoms with Gasteiger partial charge in [-0.1, -0.05) is 12.1 Å². The van der Waals surface area contributed by atoms with Crippen molar-refractivity contribution < 1.29 is 31.1 Å². The van der Waals surface area contributed by atoms with Crippen molar-refractivity contribution in [1.82, 2.24) is 5.32 Å². The van der Waals surface area contributed by atoms with E-state index in [2.05, 4.69) is 10.0 Å². The van der Waals surface area contributed by atoms with Gasteiger partial charge < -0.3 is 10.1 Å². The van der Waals surface area contributed by atoms with Gasteiger partial charge in [-0.15, -0.1) is 0 Å². The second-order valence-corrected chi connectivity index (χ2v) is 7.72. The summed E-state index contributed by atoms with van der Waals surface area (Å²) in [4.78, 5) is 12.0. The number of rotatable bonds is 7. The molecule has 1 amide bonds. The fraction of sp³-hybridized carbons (Fsp3) is 0.278. The van der Waals surface area contributed by atoms with Crippen LogP contribution in [-0.4, -0.2) is 34.1 Å². The first-order chi connectivity index (χ1) is 13.0. The standard InChI is InChI=1S/C18H19F3N2O4S/c1-12(11-27-2)22-17(24)13-5-3-8-16(9-13)28(25,26)23-15-7-4-6-14(10-15)18(19,20)21/h3-10,12,23H,11H2,1-2H3,(H,22,24)/t12-/m1/s1. The van der Waals surface area contributed by atoms with E-state index in [4.69, 9.17) is 4.74 Å². The van der Waals surface area contributed by atoms with Crippen LogP contribution < -0.4 is 10.0 Å². The average molecular weight is 416 g/mol. The van der Waals surface area contributed by atoms with Crippen LogP contribution in [-0.2, 0) is 20.9 Å². The molecule has 0 aromatic heterocycles. The zero-order valence-electron chi connectivity index (χ0n) is 15.1. The lowest BCUT2D eigenvalue weighted by molar-refractivity contribution is -0.137. The van der Waals surface area contributed by atoms with Crippen molar-refractivity contribution in [2.75, 3.05) is 18.4 Å². The Morgan fingerprint density at radius 1 is 1.14 bits per heavy atom. The maximum atomic E-state index is 12.8. The van der Waals surface area contributed by atoms with E-state index in [0.717, 1.165) is 18.2 Å². The van der Waals surface area contributed by atoms with Gasteiger partial charge in [-0.3, -0.25) is 9.52 Å². The van der Waals surface area contributed by atoms with Gasteiger partial charge in [0.1, 0.15) is 0 Å². The Balaban J connectivity index is 2.24. The largest absolute Gasteiger partial charge is 0.416 e. The average Bonchev–Trinajstić information content (AvgIpc) is 2.61. The molecule has 0 heterocycles. The summed E-state index contributed by atoms with van der Waals surface area (Å²) in [5.74, 6) is -0.499. The molecule has 0 fully saturated rings. The zero-order chi connectivity index (χ0) is 20.9. The van der Waals surface area contributed by atoms with Gasteiger partial charge in [-0.2, -0.15) is 13.2 Å². The van der Waals surface area contributed by atoms with Crippen LogP contribution in [0.2, 0.25) is 0 Å². The van der Waals surface area contributed by atoms with Gasteiger partial charge in [-0.25, -0.2) is 8.42 Å². The summed E-state index contributed by atoms with van der Waals surface area (Å²) in [6.07, 6.45) is -4.60. The third kappa shape index (κ3) is 5.70. The SMILES string of the molecule is COC[C@@H](C)NC(=O)c1cccc(S(=O)(=O)Nc2cccc(C(F)(F)F)c2)c1. The summed E-state index contributed by atoms with van der Waals surface area (Å²) in [7, 11) is -2.71. The summed E-state index contributed by atoms with van der Waals surface area (Å²) in [5, 5.41) is 2.65. The van der Waals surface area contributed by atoms with Crippen molar-refractivity contribution in [1.29, 1.82) is 0 Å². The van der Waals surface area contributed by atoms with E-state index in [0.29, 0.717) is 6.07 Å². The summed E-state index contributed by atoms with van der Waals surface area (Å²) in [6, 6.07) is 8.73. The number of anilines is 1. The molecule has 0 bridgehead atoms. The van der Waals surface area contributed by atoms with E-state index in [1.807, 2.05) is 0 Å². The van der Waals surface area contributed by atoms with Crippen LogP contribution in [0.3, 0.4) is 0 Å². The maximum absolute atomic E-state index is 12.8. The smallest absolute Gasteiger partial charge is 0.383 e. The minimum atomic E-state index is -4.60. The number of ether oxygens (including phenoxy) is 1. The van der Waals surface area contributed by atoms with E-state index >= 15 is 0 Å². The number of alkyl halides is 3. The number of carbonyl (C=O) groups excluding carboxylic acids is 1. The lowest BCUT2D eigenvalue weighted by atomic mass is 10.2. The number of benzene rings is 2. The Morgan fingerprint density at radius 3 is 2.46 bits per heavy atom. The van der Waals surface area contributed by atoms with Crippen molar-refractivity contribution in [3.05, 3.63) is 59.7 Å². The number of amides is 1. The van der Waals surface area contributed by atoms with Crippen LogP contribution >= 0.6 is 0 Å². The van der Waals surface area contributed by atoms with Gasteiger partial charge in [-0.05, 0) is 43.3 Å². The minimum Gasteiger partial charge on any atom is -0.383 e. The van der Waals surface area contributed by atoms with E-state index in [1.165, 1.54) is 31.4 Å². The van der Waals surface area contributed by atoms with Gasteiger partial charge in [0, 0.05) is 24.4 Å². The highest BCUT2D eigenvalue weighted by molar-refractivity contribution is 7.92. The molecule has 2 aromatic rings. The number of nitrogens with one attached hydrogen (secondary N) is 2. The molecule has 152 valence electrons. The molecule has 1 atom stereocenters.